The first kappa shape index (κ1) is 27.6. The van der Waals surface area contributed by atoms with Crippen molar-refractivity contribution in [2.45, 2.75) is 12.6 Å². The van der Waals surface area contributed by atoms with Gasteiger partial charge in [0.15, 0.2) is 0 Å². The van der Waals surface area contributed by atoms with Crippen LogP contribution in [0, 0.1) is 11.6 Å². The fraction of sp³-hybridized carbons (Fsp3) is 0.250. The third-order valence-corrected chi connectivity index (χ3v) is 5.79. The second kappa shape index (κ2) is 12.8. The molecular formula is C24H25ClF2N6O4. The summed E-state index contributed by atoms with van der Waals surface area (Å²) in [6.45, 7) is -0.696. The summed E-state index contributed by atoms with van der Waals surface area (Å²) in [7, 11) is 1.43. The van der Waals surface area contributed by atoms with Crippen molar-refractivity contribution in [1.29, 1.82) is 0 Å². The maximum absolute atomic E-state index is 13.6. The Morgan fingerprint density at radius 1 is 1.14 bits per heavy atom. The van der Waals surface area contributed by atoms with Crippen LogP contribution in [0.4, 0.5) is 24.2 Å². The first-order valence-electron chi connectivity index (χ1n) is 11.1. The number of pyridine rings is 1. The van der Waals surface area contributed by atoms with Crippen molar-refractivity contribution in [3.63, 3.8) is 0 Å². The van der Waals surface area contributed by atoms with E-state index >= 15 is 0 Å². The van der Waals surface area contributed by atoms with Crippen molar-refractivity contribution in [1.82, 2.24) is 20.5 Å². The highest BCUT2D eigenvalue weighted by molar-refractivity contribution is 6.31. The van der Waals surface area contributed by atoms with Gasteiger partial charge in [0.25, 0.3) is 0 Å². The normalized spacial score (nSPS) is 11.5. The number of amides is 4. The monoisotopic (exact) mass is 534 g/mol. The summed E-state index contributed by atoms with van der Waals surface area (Å²) in [6, 6.07) is 8.49. The van der Waals surface area contributed by atoms with Gasteiger partial charge in [-0.25, -0.2) is 23.4 Å². The van der Waals surface area contributed by atoms with Crippen molar-refractivity contribution in [2.24, 2.45) is 5.73 Å². The standard InChI is InChI=1S/C24H25ClF2N6O4/c1-33(23(35)31-11-15-3-2-4-19(27)22(15)25)18(12-30-21(34)9-28)13-37-24(36)32-20-8-16-7-17(26)6-5-14(16)10-29-20/h2-8,10,18H,9,11-13,28H2,1H3,(H,30,34)(H,31,35)(H,29,32,36). The Hall–Kier alpha value is -4.03. The number of hydrogen-bond acceptors (Lipinski definition) is 6. The van der Waals surface area contributed by atoms with Gasteiger partial charge in [-0.1, -0.05) is 23.7 Å². The van der Waals surface area contributed by atoms with Crippen LogP contribution >= 0.6 is 11.6 Å². The van der Waals surface area contributed by atoms with Gasteiger partial charge >= 0.3 is 12.1 Å². The molecule has 0 saturated carbocycles. The molecule has 1 heterocycles. The molecule has 196 valence electrons. The van der Waals surface area contributed by atoms with Gasteiger partial charge in [-0.3, -0.25) is 10.1 Å². The zero-order valence-electron chi connectivity index (χ0n) is 19.8. The molecule has 10 nitrogen and oxygen atoms in total. The summed E-state index contributed by atoms with van der Waals surface area (Å²) < 4.78 is 32.4. The number of hydrogen-bond donors (Lipinski definition) is 4. The van der Waals surface area contributed by atoms with Gasteiger partial charge in [0.05, 0.1) is 17.6 Å². The van der Waals surface area contributed by atoms with Gasteiger partial charge in [0.2, 0.25) is 5.91 Å². The number of halogens is 3. The Morgan fingerprint density at radius 3 is 2.68 bits per heavy atom. The predicted octanol–water partition coefficient (Wildman–Crippen LogP) is 3.00. The first-order chi connectivity index (χ1) is 17.7. The SMILES string of the molecule is CN(C(=O)NCc1cccc(F)c1Cl)C(CNC(=O)CN)COC(=O)Nc1cc2cc(F)ccc2cn1. The number of benzene rings is 2. The van der Waals surface area contributed by atoms with Gasteiger partial charge in [0.1, 0.15) is 24.1 Å². The fourth-order valence-corrected chi connectivity index (χ4v) is 3.44. The van der Waals surface area contributed by atoms with Crippen LogP contribution in [0.1, 0.15) is 5.56 Å². The van der Waals surface area contributed by atoms with Crippen LogP contribution in [0.15, 0.2) is 48.7 Å². The van der Waals surface area contributed by atoms with Gasteiger partial charge in [-0.05, 0) is 41.3 Å². The molecule has 0 bridgehead atoms. The molecule has 0 aliphatic carbocycles. The van der Waals surface area contributed by atoms with Crippen molar-refractivity contribution in [2.75, 3.05) is 32.1 Å². The minimum atomic E-state index is -0.876. The maximum atomic E-state index is 13.6. The molecule has 3 rings (SSSR count). The highest BCUT2D eigenvalue weighted by Gasteiger charge is 2.23. The number of rotatable bonds is 9. The lowest BCUT2D eigenvalue weighted by Crippen LogP contribution is -2.51. The molecule has 0 fully saturated rings. The molecule has 4 amide bonds. The molecule has 0 spiro atoms. The molecular weight excluding hydrogens is 510 g/mol. The summed E-state index contributed by atoms with van der Waals surface area (Å²) in [5, 5.41) is 8.69. The van der Waals surface area contributed by atoms with Crippen LogP contribution in [0.25, 0.3) is 10.8 Å². The first-order valence-corrected chi connectivity index (χ1v) is 11.4. The number of aromatic nitrogens is 1. The third-order valence-electron chi connectivity index (χ3n) is 5.37. The average molecular weight is 535 g/mol. The van der Waals surface area contributed by atoms with Gasteiger partial charge in [-0.2, -0.15) is 0 Å². The maximum Gasteiger partial charge on any atom is 0.412 e. The Bertz CT molecular complexity index is 1300. The molecule has 3 aromatic rings. The molecule has 0 aliphatic rings. The van der Waals surface area contributed by atoms with Crippen molar-refractivity contribution >= 4 is 46.2 Å². The molecule has 0 saturated heterocycles. The van der Waals surface area contributed by atoms with Crippen LogP contribution in [0.2, 0.25) is 5.02 Å². The van der Waals surface area contributed by atoms with Crippen molar-refractivity contribution in [3.8, 4) is 0 Å². The minimum absolute atomic E-state index is 0.0583. The number of nitrogens with one attached hydrogen (secondary N) is 3. The molecule has 13 heteroatoms. The summed E-state index contributed by atoms with van der Waals surface area (Å²) in [5.74, 6) is -1.39. The summed E-state index contributed by atoms with van der Waals surface area (Å²) in [4.78, 5) is 42.0. The highest BCUT2D eigenvalue weighted by Crippen LogP contribution is 2.20. The van der Waals surface area contributed by atoms with E-state index in [4.69, 9.17) is 22.1 Å². The van der Waals surface area contributed by atoms with E-state index in [0.29, 0.717) is 16.3 Å². The van der Waals surface area contributed by atoms with Crippen molar-refractivity contribution in [3.05, 3.63) is 70.9 Å². The third kappa shape index (κ3) is 7.72. The Morgan fingerprint density at radius 2 is 1.92 bits per heavy atom. The number of ether oxygens (including phenoxy) is 1. The Labute approximate surface area is 216 Å². The van der Waals surface area contributed by atoms with E-state index in [1.807, 2.05) is 0 Å². The van der Waals surface area contributed by atoms with Crippen molar-refractivity contribution < 1.29 is 27.9 Å². The number of nitrogens with zero attached hydrogens (tertiary/aromatic N) is 2. The number of carbonyl (C=O) groups excluding carboxylic acids is 3. The number of likely N-dealkylation sites (N-methyl/N-ethyl adjacent to an activating group) is 1. The van der Waals surface area contributed by atoms with Gasteiger partial charge in [0, 0.05) is 31.7 Å². The number of nitrogens with two attached hydrogens (primary N) is 1. The number of fused-ring (bicyclic) bond motifs is 1. The van der Waals surface area contributed by atoms with E-state index in [9.17, 15) is 23.2 Å². The molecule has 5 N–H and O–H groups in total. The number of carbonyl (C=O) groups is 3. The highest BCUT2D eigenvalue weighted by atomic mass is 35.5. The summed E-state index contributed by atoms with van der Waals surface area (Å²) in [5.41, 5.74) is 5.69. The molecule has 1 aromatic heterocycles. The van der Waals surface area contributed by atoms with E-state index in [0.717, 1.165) is 0 Å². The van der Waals surface area contributed by atoms with Crippen LogP contribution in [-0.4, -0.2) is 60.7 Å². The average Bonchev–Trinajstić information content (AvgIpc) is 2.88. The van der Waals surface area contributed by atoms with Crippen LogP contribution in [-0.2, 0) is 16.1 Å². The minimum Gasteiger partial charge on any atom is -0.447 e. The molecule has 0 radical (unpaired) electrons. The second-order valence-electron chi connectivity index (χ2n) is 7.93. The van der Waals surface area contributed by atoms with Crippen LogP contribution in [0.5, 0.6) is 0 Å². The van der Waals surface area contributed by atoms with Crippen LogP contribution < -0.4 is 21.7 Å². The quantitative estimate of drug-likeness (QED) is 0.333. The van der Waals surface area contributed by atoms with E-state index in [2.05, 4.69) is 20.9 Å². The van der Waals surface area contributed by atoms with E-state index in [1.54, 1.807) is 12.1 Å². The second-order valence-corrected chi connectivity index (χ2v) is 8.31. The van der Waals surface area contributed by atoms with Gasteiger partial charge < -0.3 is 26.0 Å². The zero-order valence-corrected chi connectivity index (χ0v) is 20.5. The molecule has 1 atom stereocenters. The molecule has 2 aromatic carbocycles. The van der Waals surface area contributed by atoms with Gasteiger partial charge in [-0.15, -0.1) is 0 Å². The lowest BCUT2D eigenvalue weighted by atomic mass is 10.2. The Balaban J connectivity index is 1.61. The topological polar surface area (TPSA) is 139 Å². The molecule has 37 heavy (non-hydrogen) atoms. The largest absolute Gasteiger partial charge is 0.447 e. The summed E-state index contributed by atoms with van der Waals surface area (Å²) >= 11 is 5.92. The Kier molecular flexibility index (Phi) is 9.52. The predicted molar refractivity (Wildman–Crippen MR) is 134 cm³/mol. The van der Waals surface area contributed by atoms with Crippen LogP contribution in [0.3, 0.4) is 0 Å². The van der Waals surface area contributed by atoms with E-state index in [-0.39, 0.29) is 37.1 Å². The smallest absolute Gasteiger partial charge is 0.412 e. The molecule has 1 unspecified atom stereocenters. The zero-order chi connectivity index (χ0) is 26.9. The summed E-state index contributed by atoms with van der Waals surface area (Å²) in [6.07, 6.45) is 0.595. The number of urea groups is 1. The molecule has 0 aliphatic heterocycles. The lowest BCUT2D eigenvalue weighted by molar-refractivity contribution is -0.119. The number of anilines is 1. The van der Waals surface area contributed by atoms with E-state index < -0.39 is 35.7 Å². The lowest BCUT2D eigenvalue weighted by Gasteiger charge is -2.28. The van der Waals surface area contributed by atoms with E-state index in [1.165, 1.54) is 48.5 Å². The fourth-order valence-electron chi connectivity index (χ4n) is 3.25.